The van der Waals surface area contributed by atoms with Gasteiger partial charge in [-0.2, -0.15) is 0 Å². The molecule has 0 saturated carbocycles. The topological polar surface area (TPSA) is 37.7 Å². The highest BCUT2D eigenvalue weighted by atomic mass is 16.5. The molecule has 0 aliphatic carbocycles. The van der Waals surface area contributed by atoms with Gasteiger partial charge in [0, 0.05) is 70.6 Å². The number of amides is 1. The number of carbonyl (C=O) groups is 1. The highest BCUT2D eigenvalue weighted by molar-refractivity contribution is 5.78. The summed E-state index contributed by atoms with van der Waals surface area (Å²) < 4.78 is 7.49. The molecule has 1 aliphatic rings. The summed E-state index contributed by atoms with van der Waals surface area (Å²) in [5.74, 6) is 1.05. The second-order valence-electron chi connectivity index (χ2n) is 8.96. The van der Waals surface area contributed by atoms with Crippen molar-refractivity contribution in [1.82, 2.24) is 14.4 Å². The Morgan fingerprint density at radius 3 is 2.60 bits per heavy atom. The number of aryl methyl sites for hydroxylation is 2. The van der Waals surface area contributed by atoms with Crippen molar-refractivity contribution < 1.29 is 9.53 Å². The maximum Gasteiger partial charge on any atom is 0.225 e. The molecule has 1 aromatic carbocycles. The lowest BCUT2D eigenvalue weighted by atomic mass is 9.86. The summed E-state index contributed by atoms with van der Waals surface area (Å²) in [6, 6.07) is 13.0. The van der Waals surface area contributed by atoms with Gasteiger partial charge in [-0.25, -0.2) is 0 Å². The first kappa shape index (κ1) is 22.6. The number of hydrogen-bond donors (Lipinski definition) is 0. The zero-order valence-corrected chi connectivity index (χ0v) is 19.2. The van der Waals surface area contributed by atoms with Gasteiger partial charge in [-0.3, -0.25) is 9.69 Å². The lowest BCUT2D eigenvalue weighted by Crippen LogP contribution is -2.41. The van der Waals surface area contributed by atoms with Gasteiger partial charge in [-0.1, -0.05) is 38.1 Å². The van der Waals surface area contributed by atoms with Crippen LogP contribution in [-0.2, 0) is 23.1 Å². The summed E-state index contributed by atoms with van der Waals surface area (Å²) in [5, 5.41) is 0. The number of methoxy groups -OCH3 is 1. The molecule has 164 valence electrons. The Hall–Kier alpha value is -2.11. The van der Waals surface area contributed by atoms with Crippen LogP contribution in [0.5, 0.6) is 0 Å². The van der Waals surface area contributed by atoms with Gasteiger partial charge >= 0.3 is 0 Å². The zero-order chi connectivity index (χ0) is 21.7. The first-order valence-corrected chi connectivity index (χ1v) is 11.1. The number of benzene rings is 1. The van der Waals surface area contributed by atoms with E-state index in [9.17, 15) is 4.79 Å². The summed E-state index contributed by atoms with van der Waals surface area (Å²) in [5.41, 5.74) is 4.08. The van der Waals surface area contributed by atoms with Crippen LogP contribution in [0.25, 0.3) is 0 Å². The van der Waals surface area contributed by atoms with E-state index in [0.29, 0.717) is 25.0 Å². The van der Waals surface area contributed by atoms with Crippen molar-refractivity contribution in [3.8, 4) is 0 Å². The fourth-order valence-corrected chi connectivity index (χ4v) is 4.66. The van der Waals surface area contributed by atoms with E-state index in [1.807, 2.05) is 18.7 Å². The fourth-order valence-electron chi connectivity index (χ4n) is 4.66. The van der Waals surface area contributed by atoms with Gasteiger partial charge in [0.15, 0.2) is 0 Å². The summed E-state index contributed by atoms with van der Waals surface area (Å²) in [6.07, 6.45) is 2.11. The molecular weight excluding hydrogens is 374 g/mol. The minimum absolute atomic E-state index is 0.000331. The molecule has 1 fully saturated rings. The lowest BCUT2D eigenvalue weighted by Gasteiger charge is -2.30. The Bertz CT molecular complexity index is 829. The van der Waals surface area contributed by atoms with Gasteiger partial charge in [0.1, 0.15) is 0 Å². The molecule has 1 aliphatic heterocycles. The maximum atomic E-state index is 12.9. The van der Waals surface area contributed by atoms with Gasteiger partial charge < -0.3 is 14.2 Å². The third kappa shape index (κ3) is 5.32. The molecule has 1 saturated heterocycles. The Balaban J connectivity index is 1.82. The number of hydrogen-bond acceptors (Lipinski definition) is 3. The largest absolute Gasteiger partial charge is 0.383 e. The van der Waals surface area contributed by atoms with Gasteiger partial charge in [-0.15, -0.1) is 0 Å². The van der Waals surface area contributed by atoms with Crippen LogP contribution < -0.4 is 0 Å². The Morgan fingerprint density at radius 1 is 1.20 bits per heavy atom. The smallest absolute Gasteiger partial charge is 0.225 e. The Labute approximate surface area is 181 Å². The van der Waals surface area contributed by atoms with Crippen molar-refractivity contribution in [2.24, 2.45) is 18.9 Å². The van der Waals surface area contributed by atoms with Crippen molar-refractivity contribution in [1.29, 1.82) is 0 Å². The molecule has 2 heterocycles. The summed E-state index contributed by atoms with van der Waals surface area (Å²) in [4.78, 5) is 17.5. The second-order valence-corrected chi connectivity index (χ2v) is 8.96. The van der Waals surface area contributed by atoms with E-state index in [4.69, 9.17) is 4.74 Å². The molecule has 1 amide bonds. The maximum absolute atomic E-state index is 12.9. The molecule has 2 unspecified atom stereocenters. The first-order chi connectivity index (χ1) is 14.4. The van der Waals surface area contributed by atoms with Crippen molar-refractivity contribution in [3.05, 3.63) is 59.4 Å². The monoisotopic (exact) mass is 411 g/mol. The standard InChI is InChI=1S/C25H37N3O2/c1-19(2)25(29)28(13-14-30-5)16-21-15-27(17-22-10-8-12-26(22)4)18-24(21)23-11-7-6-9-20(23)3/h6-12,19,21,24H,13-18H2,1-5H3. The molecule has 3 rings (SSSR count). The predicted octanol–water partition coefficient (Wildman–Crippen LogP) is 3.68. The highest BCUT2D eigenvalue weighted by Crippen LogP contribution is 2.35. The average Bonchev–Trinajstić information content (AvgIpc) is 3.31. The quantitative estimate of drug-likeness (QED) is 0.632. The number of likely N-dealkylation sites (tertiary alicyclic amines) is 1. The third-order valence-electron chi connectivity index (χ3n) is 6.37. The third-order valence-corrected chi connectivity index (χ3v) is 6.37. The predicted molar refractivity (Wildman–Crippen MR) is 121 cm³/mol. The van der Waals surface area contributed by atoms with E-state index in [0.717, 1.165) is 26.2 Å². The molecule has 0 N–H and O–H groups in total. The molecular formula is C25H37N3O2. The lowest BCUT2D eigenvalue weighted by molar-refractivity contribution is -0.135. The van der Waals surface area contributed by atoms with Crippen LogP contribution in [0.4, 0.5) is 0 Å². The zero-order valence-electron chi connectivity index (χ0n) is 19.2. The van der Waals surface area contributed by atoms with Crippen molar-refractivity contribution >= 4 is 5.91 Å². The van der Waals surface area contributed by atoms with Gasteiger partial charge in [-0.05, 0) is 36.1 Å². The molecule has 30 heavy (non-hydrogen) atoms. The molecule has 0 spiro atoms. The van der Waals surface area contributed by atoms with E-state index >= 15 is 0 Å². The molecule has 2 atom stereocenters. The molecule has 0 radical (unpaired) electrons. The van der Waals surface area contributed by atoms with E-state index < -0.39 is 0 Å². The van der Waals surface area contributed by atoms with Crippen molar-refractivity contribution in [2.75, 3.05) is 39.9 Å². The number of carbonyl (C=O) groups excluding carboxylic acids is 1. The summed E-state index contributed by atoms with van der Waals surface area (Å²) >= 11 is 0. The molecule has 0 bridgehead atoms. The highest BCUT2D eigenvalue weighted by Gasteiger charge is 2.36. The minimum atomic E-state index is -0.000331. The van der Waals surface area contributed by atoms with Crippen molar-refractivity contribution in [2.45, 2.75) is 33.2 Å². The molecule has 1 aromatic heterocycles. The van der Waals surface area contributed by atoms with Crippen LogP contribution >= 0.6 is 0 Å². The number of rotatable bonds is 9. The van der Waals surface area contributed by atoms with E-state index in [2.05, 4.69) is 66.0 Å². The van der Waals surface area contributed by atoms with Crippen LogP contribution in [0, 0.1) is 18.8 Å². The van der Waals surface area contributed by atoms with Crippen LogP contribution in [0.3, 0.4) is 0 Å². The van der Waals surface area contributed by atoms with Gasteiger partial charge in [0.2, 0.25) is 5.91 Å². The Kier molecular flexibility index (Phi) is 7.73. The van der Waals surface area contributed by atoms with Crippen LogP contribution in [0.2, 0.25) is 0 Å². The molecule has 5 heteroatoms. The second kappa shape index (κ2) is 10.3. The van der Waals surface area contributed by atoms with E-state index in [1.54, 1.807) is 7.11 Å². The number of aromatic nitrogens is 1. The van der Waals surface area contributed by atoms with Crippen LogP contribution in [0.15, 0.2) is 42.6 Å². The molecule has 2 aromatic rings. The van der Waals surface area contributed by atoms with E-state index in [-0.39, 0.29) is 11.8 Å². The Morgan fingerprint density at radius 2 is 1.97 bits per heavy atom. The summed E-state index contributed by atoms with van der Waals surface area (Å²) in [6.45, 7) is 11.1. The first-order valence-electron chi connectivity index (χ1n) is 11.1. The fraction of sp³-hybridized carbons (Fsp3) is 0.560. The average molecular weight is 412 g/mol. The van der Waals surface area contributed by atoms with Gasteiger partial charge in [0.05, 0.1) is 6.61 Å². The summed E-state index contributed by atoms with van der Waals surface area (Å²) in [7, 11) is 3.81. The normalized spacial score (nSPS) is 19.5. The van der Waals surface area contributed by atoms with Crippen LogP contribution in [-0.4, -0.2) is 60.2 Å². The van der Waals surface area contributed by atoms with Crippen LogP contribution in [0.1, 0.15) is 36.6 Å². The van der Waals surface area contributed by atoms with Crippen molar-refractivity contribution in [3.63, 3.8) is 0 Å². The number of ether oxygens (including phenoxy) is 1. The minimum Gasteiger partial charge on any atom is -0.383 e. The van der Waals surface area contributed by atoms with Gasteiger partial charge in [0.25, 0.3) is 0 Å². The molecule has 5 nitrogen and oxygen atoms in total. The van der Waals surface area contributed by atoms with E-state index in [1.165, 1.54) is 16.8 Å². The number of nitrogens with zero attached hydrogens (tertiary/aromatic N) is 3. The SMILES string of the molecule is COCCN(CC1CN(Cc2cccn2C)CC1c1ccccc1C)C(=O)C(C)C.